The Bertz CT molecular complexity index is 312. The first-order valence-electron chi connectivity index (χ1n) is 5.29. The molecule has 0 amide bonds. The summed E-state index contributed by atoms with van der Waals surface area (Å²) >= 11 is 0. The van der Waals surface area contributed by atoms with Crippen LogP contribution in [0.25, 0.3) is 0 Å². The normalized spacial score (nSPS) is 23.2. The zero-order valence-electron chi connectivity index (χ0n) is 9.09. The number of hydrogen-bond acceptors (Lipinski definition) is 4. The molecule has 0 bridgehead atoms. The molecule has 0 radical (unpaired) electrons. The summed E-state index contributed by atoms with van der Waals surface area (Å²) in [5.74, 6) is 0. The van der Waals surface area contributed by atoms with Crippen LogP contribution in [0.1, 0.15) is 5.56 Å². The van der Waals surface area contributed by atoms with E-state index in [0.717, 1.165) is 26.3 Å². The Morgan fingerprint density at radius 1 is 1.67 bits per heavy atom. The summed E-state index contributed by atoms with van der Waals surface area (Å²) in [5.41, 5.74) is 6.94. The van der Waals surface area contributed by atoms with Crippen molar-refractivity contribution in [1.29, 1.82) is 0 Å². The molecule has 1 aliphatic heterocycles. The first-order valence-corrected chi connectivity index (χ1v) is 5.29. The third-order valence-electron chi connectivity index (χ3n) is 2.77. The van der Waals surface area contributed by atoms with Crippen LogP contribution < -0.4 is 5.73 Å². The molecule has 2 rings (SSSR count). The van der Waals surface area contributed by atoms with Gasteiger partial charge in [0.2, 0.25) is 0 Å². The van der Waals surface area contributed by atoms with Gasteiger partial charge >= 0.3 is 0 Å². The topological polar surface area (TPSA) is 56.3 Å². The summed E-state index contributed by atoms with van der Waals surface area (Å²) in [7, 11) is 1.93. The number of rotatable bonds is 3. The minimum absolute atomic E-state index is 0.346. The van der Waals surface area contributed by atoms with Crippen molar-refractivity contribution in [2.24, 2.45) is 12.8 Å². The van der Waals surface area contributed by atoms with Crippen molar-refractivity contribution in [1.82, 2.24) is 14.7 Å². The second kappa shape index (κ2) is 4.74. The number of hydrogen-bond donors (Lipinski definition) is 1. The summed E-state index contributed by atoms with van der Waals surface area (Å²) < 4.78 is 7.23. The molecule has 1 fully saturated rings. The van der Waals surface area contributed by atoms with Crippen molar-refractivity contribution < 1.29 is 4.74 Å². The predicted octanol–water partition coefficient (Wildman–Crippen LogP) is -0.420. The minimum atomic E-state index is 0.346. The van der Waals surface area contributed by atoms with Gasteiger partial charge in [-0.25, -0.2) is 0 Å². The number of nitrogens with two attached hydrogens (primary N) is 1. The van der Waals surface area contributed by atoms with Gasteiger partial charge in [0.1, 0.15) is 0 Å². The van der Waals surface area contributed by atoms with E-state index >= 15 is 0 Å². The lowest BCUT2D eigenvalue weighted by atomic mass is 10.2. The molecular formula is C10H18N4O. The Hall–Kier alpha value is -0.910. The van der Waals surface area contributed by atoms with Crippen LogP contribution in [0.4, 0.5) is 0 Å². The molecule has 1 aromatic rings. The van der Waals surface area contributed by atoms with E-state index in [1.165, 1.54) is 5.56 Å². The van der Waals surface area contributed by atoms with Crippen LogP contribution in [0.2, 0.25) is 0 Å². The third-order valence-corrected chi connectivity index (χ3v) is 2.77. The van der Waals surface area contributed by atoms with E-state index in [9.17, 15) is 0 Å². The van der Waals surface area contributed by atoms with Gasteiger partial charge in [-0.3, -0.25) is 9.58 Å². The van der Waals surface area contributed by atoms with Gasteiger partial charge in [0.05, 0.1) is 19.4 Å². The first kappa shape index (κ1) is 10.6. The average Bonchev–Trinajstić information content (AvgIpc) is 2.65. The molecule has 0 aliphatic carbocycles. The number of aromatic nitrogens is 2. The van der Waals surface area contributed by atoms with E-state index < -0.39 is 0 Å². The van der Waals surface area contributed by atoms with Gasteiger partial charge in [0, 0.05) is 44.5 Å². The molecule has 2 heterocycles. The van der Waals surface area contributed by atoms with Crippen molar-refractivity contribution >= 4 is 0 Å². The molecule has 1 aromatic heterocycles. The highest BCUT2D eigenvalue weighted by atomic mass is 16.5. The number of ether oxygens (including phenoxy) is 1. The highest BCUT2D eigenvalue weighted by molar-refractivity contribution is 5.04. The fourth-order valence-corrected chi connectivity index (χ4v) is 1.90. The molecule has 2 N–H and O–H groups in total. The second-order valence-electron chi connectivity index (χ2n) is 3.96. The summed E-state index contributed by atoms with van der Waals surface area (Å²) in [6.07, 6.45) is 3.95. The molecule has 1 unspecified atom stereocenters. The lowest BCUT2D eigenvalue weighted by molar-refractivity contribution is -0.00793. The standard InChI is InChI=1S/C10H18N4O/c1-13-6-9(5-12-13)7-14-2-3-15-8-10(14)4-11/h5-6,10H,2-4,7-8,11H2,1H3. The molecule has 15 heavy (non-hydrogen) atoms. The molecule has 0 saturated carbocycles. The van der Waals surface area contributed by atoms with E-state index in [4.69, 9.17) is 10.5 Å². The highest BCUT2D eigenvalue weighted by Crippen LogP contribution is 2.10. The predicted molar refractivity (Wildman–Crippen MR) is 57.3 cm³/mol. The lowest BCUT2D eigenvalue weighted by Crippen LogP contribution is -2.48. The van der Waals surface area contributed by atoms with Crippen molar-refractivity contribution in [3.8, 4) is 0 Å². The Balaban J connectivity index is 1.97. The molecule has 0 aromatic carbocycles. The summed E-state index contributed by atoms with van der Waals surface area (Å²) in [4.78, 5) is 2.36. The average molecular weight is 210 g/mol. The monoisotopic (exact) mass is 210 g/mol. The molecule has 1 atom stereocenters. The zero-order valence-corrected chi connectivity index (χ0v) is 9.09. The van der Waals surface area contributed by atoms with Gasteiger partial charge in [-0.05, 0) is 0 Å². The van der Waals surface area contributed by atoms with Gasteiger partial charge in [-0.15, -0.1) is 0 Å². The summed E-state index contributed by atoms with van der Waals surface area (Å²) in [5, 5.41) is 4.16. The van der Waals surface area contributed by atoms with Crippen LogP contribution in [0.3, 0.4) is 0 Å². The highest BCUT2D eigenvalue weighted by Gasteiger charge is 2.21. The summed E-state index contributed by atoms with van der Waals surface area (Å²) in [6.45, 7) is 4.07. The molecule has 5 heteroatoms. The van der Waals surface area contributed by atoms with Gasteiger partial charge in [-0.1, -0.05) is 0 Å². The van der Waals surface area contributed by atoms with Crippen LogP contribution in [0, 0.1) is 0 Å². The molecule has 5 nitrogen and oxygen atoms in total. The van der Waals surface area contributed by atoms with Crippen molar-refractivity contribution in [2.45, 2.75) is 12.6 Å². The van der Waals surface area contributed by atoms with E-state index in [1.807, 2.05) is 24.1 Å². The first-order chi connectivity index (χ1) is 7.29. The van der Waals surface area contributed by atoms with Crippen LogP contribution >= 0.6 is 0 Å². The second-order valence-corrected chi connectivity index (χ2v) is 3.96. The van der Waals surface area contributed by atoms with Gasteiger partial charge in [0.15, 0.2) is 0 Å². The zero-order chi connectivity index (χ0) is 10.7. The number of aryl methyl sites for hydroxylation is 1. The molecular weight excluding hydrogens is 192 g/mol. The largest absolute Gasteiger partial charge is 0.378 e. The maximum Gasteiger partial charge on any atom is 0.0634 e. The SMILES string of the molecule is Cn1cc(CN2CCOCC2CN)cn1. The van der Waals surface area contributed by atoms with Gasteiger partial charge in [-0.2, -0.15) is 5.10 Å². The van der Waals surface area contributed by atoms with E-state index in [2.05, 4.69) is 10.00 Å². The van der Waals surface area contributed by atoms with E-state index in [1.54, 1.807) is 0 Å². The van der Waals surface area contributed by atoms with Crippen LogP contribution in [0.15, 0.2) is 12.4 Å². The Kier molecular flexibility index (Phi) is 3.35. The number of nitrogens with zero attached hydrogens (tertiary/aromatic N) is 3. The van der Waals surface area contributed by atoms with Crippen LogP contribution in [-0.2, 0) is 18.3 Å². The third kappa shape index (κ3) is 2.56. The van der Waals surface area contributed by atoms with Crippen LogP contribution in [-0.4, -0.2) is 47.0 Å². The number of morpholine rings is 1. The van der Waals surface area contributed by atoms with Gasteiger partial charge < -0.3 is 10.5 Å². The van der Waals surface area contributed by atoms with E-state index in [0.29, 0.717) is 12.6 Å². The Morgan fingerprint density at radius 2 is 2.53 bits per heavy atom. The quantitative estimate of drug-likeness (QED) is 0.736. The fraction of sp³-hybridized carbons (Fsp3) is 0.700. The molecule has 84 valence electrons. The summed E-state index contributed by atoms with van der Waals surface area (Å²) in [6, 6.07) is 0.346. The Morgan fingerprint density at radius 3 is 3.20 bits per heavy atom. The molecule has 1 aliphatic rings. The smallest absolute Gasteiger partial charge is 0.0634 e. The Labute approximate surface area is 89.8 Å². The fourth-order valence-electron chi connectivity index (χ4n) is 1.90. The van der Waals surface area contributed by atoms with Gasteiger partial charge in [0.25, 0.3) is 0 Å². The maximum atomic E-state index is 5.71. The molecule has 1 saturated heterocycles. The van der Waals surface area contributed by atoms with Crippen LogP contribution in [0.5, 0.6) is 0 Å². The lowest BCUT2D eigenvalue weighted by Gasteiger charge is -2.34. The van der Waals surface area contributed by atoms with E-state index in [-0.39, 0.29) is 0 Å². The van der Waals surface area contributed by atoms with Crippen molar-refractivity contribution in [3.05, 3.63) is 18.0 Å². The molecule has 0 spiro atoms. The van der Waals surface area contributed by atoms with Crippen molar-refractivity contribution in [3.63, 3.8) is 0 Å². The van der Waals surface area contributed by atoms with Crippen molar-refractivity contribution in [2.75, 3.05) is 26.3 Å². The minimum Gasteiger partial charge on any atom is -0.378 e. The maximum absolute atomic E-state index is 5.71.